The van der Waals surface area contributed by atoms with Gasteiger partial charge in [0.25, 0.3) is 5.91 Å². The van der Waals surface area contributed by atoms with Crippen LogP contribution in [0.5, 0.6) is 0 Å². The van der Waals surface area contributed by atoms with Crippen LogP contribution in [0.25, 0.3) is 0 Å². The Bertz CT molecular complexity index is 643. The molecule has 1 aromatic carbocycles. The minimum Gasteiger partial charge on any atom is -0.378 e. The van der Waals surface area contributed by atoms with Crippen LogP contribution in [0.2, 0.25) is 0 Å². The van der Waals surface area contributed by atoms with E-state index in [1.54, 1.807) is 7.05 Å². The van der Waals surface area contributed by atoms with Crippen LogP contribution < -0.4 is 10.6 Å². The van der Waals surface area contributed by atoms with E-state index in [9.17, 15) is 4.79 Å². The second-order valence-corrected chi connectivity index (χ2v) is 7.93. The molecule has 1 amide bonds. The number of carbonyl (C=O) groups is 1. The van der Waals surface area contributed by atoms with E-state index in [2.05, 4.69) is 29.5 Å². The Morgan fingerprint density at radius 2 is 1.80 bits per heavy atom. The van der Waals surface area contributed by atoms with Crippen molar-refractivity contribution in [1.82, 2.24) is 15.5 Å². The van der Waals surface area contributed by atoms with E-state index in [4.69, 9.17) is 4.74 Å². The molecule has 0 aliphatic carbocycles. The number of likely N-dealkylation sites (tertiary alicyclic amines) is 1. The Labute approximate surface area is 199 Å². The summed E-state index contributed by atoms with van der Waals surface area (Å²) in [7, 11) is 1.78. The number of nitrogens with one attached hydrogen (secondary N) is 2. The molecule has 1 unspecified atom stereocenters. The number of ether oxygens (including phenoxy) is 1. The largest absolute Gasteiger partial charge is 0.378 e. The van der Waals surface area contributed by atoms with Gasteiger partial charge in [-0.15, -0.1) is 24.0 Å². The van der Waals surface area contributed by atoms with Gasteiger partial charge in [0.05, 0.1) is 6.10 Å². The highest BCUT2D eigenvalue weighted by Gasteiger charge is 2.18. The summed E-state index contributed by atoms with van der Waals surface area (Å²) < 4.78 is 5.79. The van der Waals surface area contributed by atoms with Crippen molar-refractivity contribution in [3.05, 3.63) is 35.4 Å². The molecule has 0 bridgehead atoms. The van der Waals surface area contributed by atoms with Crippen molar-refractivity contribution >= 4 is 35.8 Å². The Hall–Kier alpha value is -1.35. The van der Waals surface area contributed by atoms with Crippen molar-refractivity contribution in [2.75, 3.05) is 33.3 Å². The highest BCUT2D eigenvalue weighted by molar-refractivity contribution is 14.0. The number of halogens is 1. The fourth-order valence-electron chi connectivity index (χ4n) is 3.61. The van der Waals surface area contributed by atoms with Gasteiger partial charge in [-0.05, 0) is 56.2 Å². The maximum atomic E-state index is 12.6. The van der Waals surface area contributed by atoms with Gasteiger partial charge in [-0.1, -0.05) is 26.0 Å². The van der Waals surface area contributed by atoms with Gasteiger partial charge in [-0.3, -0.25) is 9.79 Å². The molecular weight excluding hydrogens is 491 g/mol. The minimum absolute atomic E-state index is 0. The van der Waals surface area contributed by atoms with Gasteiger partial charge in [0, 0.05) is 45.4 Å². The molecule has 1 fully saturated rings. The van der Waals surface area contributed by atoms with Gasteiger partial charge >= 0.3 is 0 Å². The topological polar surface area (TPSA) is 66.0 Å². The van der Waals surface area contributed by atoms with Crippen molar-refractivity contribution in [3.8, 4) is 0 Å². The van der Waals surface area contributed by atoms with Crippen molar-refractivity contribution in [2.24, 2.45) is 10.9 Å². The Morgan fingerprint density at radius 3 is 2.37 bits per heavy atom. The third kappa shape index (κ3) is 8.79. The maximum absolute atomic E-state index is 12.6. The van der Waals surface area contributed by atoms with Crippen LogP contribution in [0.3, 0.4) is 0 Å². The van der Waals surface area contributed by atoms with E-state index in [-0.39, 0.29) is 36.0 Å². The summed E-state index contributed by atoms with van der Waals surface area (Å²) in [5, 5.41) is 6.69. The lowest BCUT2D eigenvalue weighted by molar-refractivity contribution is 0.0258. The second kappa shape index (κ2) is 14.6. The van der Waals surface area contributed by atoms with Crippen LogP contribution >= 0.6 is 24.0 Å². The molecule has 0 aromatic heterocycles. The van der Waals surface area contributed by atoms with Crippen LogP contribution in [0.4, 0.5) is 0 Å². The van der Waals surface area contributed by atoms with Crippen molar-refractivity contribution < 1.29 is 9.53 Å². The molecule has 1 aliphatic heterocycles. The lowest BCUT2D eigenvalue weighted by Crippen LogP contribution is -2.39. The Morgan fingerprint density at radius 1 is 1.13 bits per heavy atom. The fraction of sp³-hybridized carbons (Fsp3) is 0.652. The molecule has 1 aliphatic rings. The summed E-state index contributed by atoms with van der Waals surface area (Å²) >= 11 is 0. The smallest absolute Gasteiger partial charge is 0.253 e. The van der Waals surface area contributed by atoms with Gasteiger partial charge in [0.1, 0.15) is 0 Å². The Balaban J connectivity index is 0.00000450. The predicted molar refractivity (Wildman–Crippen MR) is 135 cm³/mol. The zero-order valence-corrected chi connectivity index (χ0v) is 21.3. The molecule has 30 heavy (non-hydrogen) atoms. The molecule has 1 atom stereocenters. The maximum Gasteiger partial charge on any atom is 0.253 e. The highest BCUT2D eigenvalue weighted by Crippen LogP contribution is 2.14. The van der Waals surface area contributed by atoms with Crippen molar-refractivity contribution in [3.63, 3.8) is 0 Å². The van der Waals surface area contributed by atoms with Gasteiger partial charge in [-0.25, -0.2) is 0 Å². The van der Waals surface area contributed by atoms with E-state index in [1.807, 2.05) is 36.1 Å². The summed E-state index contributed by atoms with van der Waals surface area (Å²) in [6.45, 7) is 10.4. The third-order valence-corrected chi connectivity index (χ3v) is 5.37. The summed E-state index contributed by atoms with van der Waals surface area (Å²) in [6.07, 6.45) is 4.66. The second-order valence-electron chi connectivity index (χ2n) is 7.93. The number of carbonyl (C=O) groups excluding carboxylic acids is 1. The molecule has 170 valence electrons. The van der Waals surface area contributed by atoms with E-state index < -0.39 is 0 Å². The van der Waals surface area contributed by atoms with Crippen LogP contribution in [0.1, 0.15) is 62.4 Å². The number of hydrogen-bond acceptors (Lipinski definition) is 3. The predicted octanol–water partition coefficient (Wildman–Crippen LogP) is 4.05. The van der Waals surface area contributed by atoms with Crippen molar-refractivity contribution in [2.45, 2.75) is 59.1 Å². The lowest BCUT2D eigenvalue weighted by Gasteiger charge is -2.26. The van der Waals surface area contributed by atoms with Gasteiger partial charge in [0.15, 0.2) is 5.96 Å². The molecule has 1 saturated heterocycles. The SMILES string of the molecule is CCOC(CCNC(=NC)NCc1ccc(C(=O)N2CCCCC2)cc1)C(C)C.I. The first-order valence-corrected chi connectivity index (χ1v) is 11.0. The molecule has 2 rings (SSSR count). The molecule has 0 saturated carbocycles. The van der Waals surface area contributed by atoms with Crippen LogP contribution in [0, 0.1) is 5.92 Å². The van der Waals surface area contributed by atoms with E-state index in [0.717, 1.165) is 62.6 Å². The monoisotopic (exact) mass is 530 g/mol. The van der Waals surface area contributed by atoms with E-state index >= 15 is 0 Å². The molecule has 1 aromatic rings. The fourth-order valence-corrected chi connectivity index (χ4v) is 3.61. The number of hydrogen-bond donors (Lipinski definition) is 2. The van der Waals surface area contributed by atoms with Gasteiger partial charge < -0.3 is 20.3 Å². The van der Waals surface area contributed by atoms with Gasteiger partial charge in [0.2, 0.25) is 0 Å². The number of piperidine rings is 1. The molecule has 1 heterocycles. The number of rotatable bonds is 9. The minimum atomic E-state index is 0. The first kappa shape index (κ1) is 26.7. The molecule has 0 spiro atoms. The van der Waals surface area contributed by atoms with Gasteiger partial charge in [-0.2, -0.15) is 0 Å². The first-order chi connectivity index (χ1) is 14.0. The zero-order valence-electron chi connectivity index (χ0n) is 18.9. The third-order valence-electron chi connectivity index (χ3n) is 5.37. The van der Waals surface area contributed by atoms with E-state index in [1.165, 1.54) is 6.42 Å². The number of guanidine groups is 1. The summed E-state index contributed by atoms with van der Waals surface area (Å²) in [5.41, 5.74) is 1.89. The molecule has 6 nitrogen and oxygen atoms in total. The first-order valence-electron chi connectivity index (χ1n) is 11.0. The average molecular weight is 530 g/mol. The van der Waals surface area contributed by atoms with E-state index in [0.29, 0.717) is 12.5 Å². The quantitative estimate of drug-likeness (QED) is 0.287. The molecule has 0 radical (unpaired) electrons. The molecule has 2 N–H and O–H groups in total. The zero-order chi connectivity index (χ0) is 21.1. The van der Waals surface area contributed by atoms with Crippen LogP contribution in [0.15, 0.2) is 29.3 Å². The Kier molecular flexibility index (Phi) is 13.0. The highest BCUT2D eigenvalue weighted by atomic mass is 127. The number of nitrogens with zero attached hydrogens (tertiary/aromatic N) is 2. The standard InChI is InChI=1S/C23H38N4O2.HI/c1-5-29-21(18(2)3)13-14-25-23(24-4)26-17-19-9-11-20(12-10-19)22(28)27-15-7-6-8-16-27;/h9-12,18,21H,5-8,13-17H2,1-4H3,(H2,24,25,26);1H. The molecular formula is C23H39IN4O2. The average Bonchev–Trinajstić information content (AvgIpc) is 2.75. The van der Waals surface area contributed by atoms with Crippen LogP contribution in [-0.2, 0) is 11.3 Å². The summed E-state index contributed by atoms with van der Waals surface area (Å²) in [6, 6.07) is 7.89. The van der Waals surface area contributed by atoms with Crippen LogP contribution in [-0.4, -0.2) is 56.2 Å². The molecule has 7 heteroatoms. The van der Waals surface area contributed by atoms with Crippen molar-refractivity contribution in [1.29, 1.82) is 0 Å². The summed E-state index contributed by atoms with van der Waals surface area (Å²) in [5.74, 6) is 1.42. The summed E-state index contributed by atoms with van der Waals surface area (Å²) in [4.78, 5) is 18.8. The number of amides is 1. The number of benzene rings is 1. The number of aliphatic imine (C=N–C) groups is 1. The lowest BCUT2D eigenvalue weighted by atomic mass is 10.0. The normalized spacial score (nSPS) is 15.5.